The number of halogens is 1. The average Bonchev–Trinajstić information content (AvgIpc) is 2.40. The predicted octanol–water partition coefficient (Wildman–Crippen LogP) is 2.44. The first-order valence-corrected chi connectivity index (χ1v) is 5.27. The predicted molar refractivity (Wildman–Crippen MR) is 58.6 cm³/mol. The highest BCUT2D eigenvalue weighted by Gasteiger charge is 2.15. The van der Waals surface area contributed by atoms with Gasteiger partial charge in [-0.2, -0.15) is 0 Å². The number of aryl methyl sites for hydroxylation is 1. The molecule has 3 nitrogen and oxygen atoms in total. The first kappa shape index (κ1) is 10.3. The normalized spacial score (nSPS) is 15.2. The number of Topliss-reactive ketones (excluding diaryl/α,β-unsaturated/α-hetero) is 1. The van der Waals surface area contributed by atoms with E-state index in [1.165, 1.54) is 6.33 Å². The Morgan fingerprint density at radius 3 is 2.93 bits per heavy atom. The van der Waals surface area contributed by atoms with Crippen molar-refractivity contribution in [3.05, 3.63) is 28.3 Å². The quantitative estimate of drug-likeness (QED) is 0.686. The standard InChI is InChI=1S/C11H11ClN2O/c1-7(15)8-3-2-4-10-9(5-8)11(12)14-6-13-10/h5-6H,2-4H2,1H3. The molecule has 1 aliphatic rings. The van der Waals surface area contributed by atoms with Gasteiger partial charge in [0.05, 0.1) is 5.69 Å². The Kier molecular flexibility index (Phi) is 2.82. The van der Waals surface area contributed by atoms with E-state index in [0.717, 1.165) is 36.1 Å². The van der Waals surface area contributed by atoms with E-state index in [9.17, 15) is 4.79 Å². The summed E-state index contributed by atoms with van der Waals surface area (Å²) in [5.74, 6) is 0.0998. The molecule has 4 heteroatoms. The fraction of sp³-hybridized carbons (Fsp3) is 0.364. The highest BCUT2D eigenvalue weighted by atomic mass is 35.5. The summed E-state index contributed by atoms with van der Waals surface area (Å²) < 4.78 is 0. The zero-order valence-corrected chi connectivity index (χ0v) is 9.21. The van der Waals surface area contributed by atoms with Gasteiger partial charge in [-0.15, -0.1) is 0 Å². The van der Waals surface area contributed by atoms with E-state index in [-0.39, 0.29) is 5.78 Å². The summed E-state index contributed by atoms with van der Waals surface area (Å²) in [5, 5.41) is 0.431. The van der Waals surface area contributed by atoms with E-state index in [1.807, 2.05) is 6.08 Å². The summed E-state index contributed by atoms with van der Waals surface area (Å²) in [6.07, 6.45) is 5.87. The zero-order valence-electron chi connectivity index (χ0n) is 8.46. The first-order chi connectivity index (χ1) is 7.18. The van der Waals surface area contributed by atoms with Gasteiger partial charge in [0.15, 0.2) is 5.78 Å². The van der Waals surface area contributed by atoms with Gasteiger partial charge in [-0.3, -0.25) is 4.79 Å². The molecule has 0 bridgehead atoms. The van der Waals surface area contributed by atoms with Crippen LogP contribution >= 0.6 is 11.6 Å². The molecule has 78 valence electrons. The highest BCUT2D eigenvalue weighted by Crippen LogP contribution is 2.26. The molecule has 2 rings (SSSR count). The molecular weight excluding hydrogens is 212 g/mol. The number of carbonyl (C=O) groups is 1. The lowest BCUT2D eigenvalue weighted by Gasteiger charge is -2.02. The Morgan fingerprint density at radius 1 is 1.40 bits per heavy atom. The third-order valence-electron chi connectivity index (χ3n) is 2.55. The van der Waals surface area contributed by atoms with Crippen LogP contribution in [0.15, 0.2) is 11.9 Å². The van der Waals surface area contributed by atoms with Crippen LogP contribution < -0.4 is 0 Å². The molecule has 0 amide bonds. The van der Waals surface area contributed by atoms with Crippen molar-refractivity contribution in [2.45, 2.75) is 26.2 Å². The van der Waals surface area contributed by atoms with E-state index in [4.69, 9.17) is 11.6 Å². The molecule has 0 atom stereocenters. The number of aromatic nitrogens is 2. The van der Waals surface area contributed by atoms with Crippen LogP contribution in [-0.4, -0.2) is 15.8 Å². The summed E-state index contributed by atoms with van der Waals surface area (Å²) >= 11 is 5.98. The number of carbonyl (C=O) groups excluding carboxylic acids is 1. The van der Waals surface area contributed by atoms with Gasteiger partial charge < -0.3 is 0 Å². The summed E-state index contributed by atoms with van der Waals surface area (Å²) in [4.78, 5) is 19.4. The average molecular weight is 223 g/mol. The van der Waals surface area contributed by atoms with Crippen molar-refractivity contribution in [3.63, 3.8) is 0 Å². The van der Waals surface area contributed by atoms with Crippen LogP contribution in [0.4, 0.5) is 0 Å². The van der Waals surface area contributed by atoms with Crippen molar-refractivity contribution in [2.24, 2.45) is 0 Å². The molecule has 0 fully saturated rings. The fourth-order valence-corrected chi connectivity index (χ4v) is 1.93. The van der Waals surface area contributed by atoms with Crippen molar-refractivity contribution < 1.29 is 4.79 Å². The van der Waals surface area contributed by atoms with Crippen LogP contribution in [0.3, 0.4) is 0 Å². The number of hydrogen-bond donors (Lipinski definition) is 0. The number of ketones is 1. The lowest BCUT2D eigenvalue weighted by Crippen LogP contribution is -1.95. The Balaban J connectivity index is 2.53. The number of fused-ring (bicyclic) bond motifs is 1. The van der Waals surface area contributed by atoms with E-state index in [1.54, 1.807) is 6.92 Å². The van der Waals surface area contributed by atoms with E-state index in [2.05, 4.69) is 9.97 Å². The van der Waals surface area contributed by atoms with Crippen LogP contribution in [0.25, 0.3) is 6.08 Å². The molecule has 1 heterocycles. The molecular formula is C11H11ClN2O. The third kappa shape index (κ3) is 2.07. The molecule has 0 radical (unpaired) electrons. The molecule has 1 aromatic rings. The van der Waals surface area contributed by atoms with Crippen molar-refractivity contribution in [1.82, 2.24) is 9.97 Å². The van der Waals surface area contributed by atoms with E-state index in [0.29, 0.717) is 5.15 Å². The molecule has 0 spiro atoms. The maximum Gasteiger partial charge on any atom is 0.155 e. The van der Waals surface area contributed by atoms with Crippen molar-refractivity contribution in [1.29, 1.82) is 0 Å². The SMILES string of the molecule is CC(=O)C1=Cc2c(Cl)ncnc2CCC1. The minimum absolute atomic E-state index is 0.0998. The second-order valence-corrected chi connectivity index (χ2v) is 3.96. The smallest absolute Gasteiger partial charge is 0.155 e. The fourth-order valence-electron chi connectivity index (χ4n) is 1.72. The number of allylic oxidation sites excluding steroid dienone is 1. The Labute approximate surface area is 93.2 Å². The van der Waals surface area contributed by atoms with Gasteiger partial charge in [-0.25, -0.2) is 9.97 Å². The summed E-state index contributed by atoms with van der Waals surface area (Å²) in [6.45, 7) is 1.58. The summed E-state index contributed by atoms with van der Waals surface area (Å²) in [6, 6.07) is 0. The molecule has 0 saturated heterocycles. The second-order valence-electron chi connectivity index (χ2n) is 3.60. The number of rotatable bonds is 1. The van der Waals surface area contributed by atoms with Gasteiger partial charge in [0.2, 0.25) is 0 Å². The van der Waals surface area contributed by atoms with Gasteiger partial charge in [-0.05, 0) is 37.8 Å². The number of nitrogens with zero attached hydrogens (tertiary/aromatic N) is 2. The molecule has 0 saturated carbocycles. The van der Waals surface area contributed by atoms with Crippen molar-refractivity contribution in [2.75, 3.05) is 0 Å². The van der Waals surface area contributed by atoms with Gasteiger partial charge in [0.1, 0.15) is 11.5 Å². The second kappa shape index (κ2) is 4.11. The van der Waals surface area contributed by atoms with Crippen LogP contribution in [0.5, 0.6) is 0 Å². The monoisotopic (exact) mass is 222 g/mol. The van der Waals surface area contributed by atoms with E-state index >= 15 is 0 Å². The topological polar surface area (TPSA) is 42.9 Å². The van der Waals surface area contributed by atoms with Gasteiger partial charge in [0.25, 0.3) is 0 Å². The molecule has 1 aromatic heterocycles. The van der Waals surface area contributed by atoms with Crippen LogP contribution in [0.1, 0.15) is 31.0 Å². The lowest BCUT2D eigenvalue weighted by molar-refractivity contribution is -0.113. The van der Waals surface area contributed by atoms with Crippen molar-refractivity contribution >= 4 is 23.5 Å². The van der Waals surface area contributed by atoms with Crippen LogP contribution in [-0.2, 0) is 11.2 Å². The molecule has 0 N–H and O–H groups in total. The molecule has 1 aliphatic carbocycles. The molecule has 0 aliphatic heterocycles. The zero-order chi connectivity index (χ0) is 10.8. The minimum atomic E-state index is 0.0998. The van der Waals surface area contributed by atoms with E-state index < -0.39 is 0 Å². The van der Waals surface area contributed by atoms with Crippen molar-refractivity contribution in [3.8, 4) is 0 Å². The minimum Gasteiger partial charge on any atom is -0.295 e. The van der Waals surface area contributed by atoms with Gasteiger partial charge >= 0.3 is 0 Å². The maximum absolute atomic E-state index is 11.3. The largest absolute Gasteiger partial charge is 0.295 e. The lowest BCUT2D eigenvalue weighted by atomic mass is 10.1. The molecule has 0 aromatic carbocycles. The van der Waals surface area contributed by atoms with Gasteiger partial charge in [-0.1, -0.05) is 11.6 Å². The summed E-state index contributed by atoms with van der Waals surface area (Å²) in [5.41, 5.74) is 2.55. The third-order valence-corrected chi connectivity index (χ3v) is 2.85. The molecule has 0 unspecified atom stereocenters. The molecule has 15 heavy (non-hydrogen) atoms. The first-order valence-electron chi connectivity index (χ1n) is 4.89. The Hall–Kier alpha value is -1.22. The summed E-state index contributed by atoms with van der Waals surface area (Å²) in [7, 11) is 0. The number of hydrogen-bond acceptors (Lipinski definition) is 3. The Bertz CT molecular complexity index is 440. The van der Waals surface area contributed by atoms with Gasteiger partial charge in [0, 0.05) is 5.56 Å². The maximum atomic E-state index is 11.3. The van der Waals surface area contributed by atoms with Crippen LogP contribution in [0.2, 0.25) is 5.15 Å². The van der Waals surface area contributed by atoms with Crippen LogP contribution in [0, 0.1) is 0 Å². The Morgan fingerprint density at radius 2 is 2.20 bits per heavy atom. The highest BCUT2D eigenvalue weighted by molar-refractivity contribution is 6.31.